The Kier molecular flexibility index (Phi) is 4.42. The third-order valence-electron chi connectivity index (χ3n) is 3.77. The Morgan fingerprint density at radius 2 is 2.06 bits per heavy atom. The van der Waals surface area contributed by atoms with Crippen molar-refractivity contribution < 1.29 is 0 Å². The van der Waals surface area contributed by atoms with Crippen molar-refractivity contribution in [1.82, 2.24) is 5.32 Å². The lowest BCUT2D eigenvalue weighted by molar-refractivity contribution is 0.309. The summed E-state index contributed by atoms with van der Waals surface area (Å²) in [5.74, 6) is 0.956. The van der Waals surface area contributed by atoms with E-state index in [2.05, 4.69) is 30.6 Å². The second kappa shape index (κ2) is 5.83. The van der Waals surface area contributed by atoms with Gasteiger partial charge in [0.1, 0.15) is 0 Å². The van der Waals surface area contributed by atoms with Crippen LogP contribution < -0.4 is 5.32 Å². The predicted octanol–water partition coefficient (Wildman–Crippen LogP) is 3.77. The van der Waals surface area contributed by atoms with Crippen molar-refractivity contribution >= 4 is 11.3 Å². The molecule has 1 saturated carbocycles. The minimum Gasteiger partial charge on any atom is -0.314 e. The molecule has 0 radical (unpaired) electrons. The van der Waals surface area contributed by atoms with Crippen molar-refractivity contribution in [3.05, 3.63) is 21.9 Å². The maximum atomic E-state index is 3.71. The third kappa shape index (κ3) is 3.33. The van der Waals surface area contributed by atoms with Crippen molar-refractivity contribution in [2.45, 2.75) is 52.0 Å². The van der Waals surface area contributed by atoms with Crippen LogP contribution >= 0.6 is 11.3 Å². The second-order valence-electron chi connectivity index (χ2n) is 5.19. The molecule has 0 saturated heterocycles. The predicted molar refractivity (Wildman–Crippen MR) is 72.2 cm³/mol. The first-order chi connectivity index (χ1) is 7.75. The Balaban J connectivity index is 1.67. The van der Waals surface area contributed by atoms with Gasteiger partial charge >= 0.3 is 0 Å². The summed E-state index contributed by atoms with van der Waals surface area (Å²) >= 11 is 1.90. The molecule has 1 fully saturated rings. The summed E-state index contributed by atoms with van der Waals surface area (Å²) in [6, 6.07) is 3.01. The van der Waals surface area contributed by atoms with Crippen molar-refractivity contribution in [2.75, 3.05) is 6.54 Å². The van der Waals surface area contributed by atoms with Crippen LogP contribution in [0.1, 0.15) is 43.0 Å². The monoisotopic (exact) mass is 237 g/mol. The molecule has 0 amide bonds. The van der Waals surface area contributed by atoms with Crippen molar-refractivity contribution in [1.29, 1.82) is 0 Å². The van der Waals surface area contributed by atoms with Crippen LogP contribution in [-0.4, -0.2) is 12.6 Å². The van der Waals surface area contributed by atoms with Gasteiger partial charge in [0.2, 0.25) is 0 Å². The van der Waals surface area contributed by atoms with Crippen LogP contribution in [0, 0.1) is 12.8 Å². The van der Waals surface area contributed by atoms with Gasteiger partial charge < -0.3 is 5.32 Å². The fourth-order valence-corrected chi connectivity index (χ4v) is 3.42. The molecule has 16 heavy (non-hydrogen) atoms. The van der Waals surface area contributed by atoms with E-state index in [0.29, 0.717) is 0 Å². The van der Waals surface area contributed by atoms with E-state index >= 15 is 0 Å². The minimum atomic E-state index is 0.788. The average molecular weight is 237 g/mol. The standard InChI is InChI=1S/C14H23NS/c1-11-3-5-13(6-4-11)15-9-7-14-12(2)8-10-16-14/h8,10-11,13,15H,3-7,9H2,1-2H3. The number of nitrogens with one attached hydrogen (secondary N) is 1. The van der Waals surface area contributed by atoms with E-state index in [1.54, 1.807) is 4.88 Å². The van der Waals surface area contributed by atoms with Crippen LogP contribution in [0.5, 0.6) is 0 Å². The largest absolute Gasteiger partial charge is 0.314 e. The lowest BCUT2D eigenvalue weighted by Crippen LogP contribution is -2.34. The van der Waals surface area contributed by atoms with Crippen LogP contribution in [-0.2, 0) is 6.42 Å². The highest BCUT2D eigenvalue weighted by atomic mass is 32.1. The lowest BCUT2D eigenvalue weighted by Gasteiger charge is -2.27. The molecule has 0 aromatic carbocycles. The van der Waals surface area contributed by atoms with Crippen LogP contribution in [0.3, 0.4) is 0 Å². The molecule has 1 heterocycles. The molecule has 1 aliphatic carbocycles. The van der Waals surface area contributed by atoms with E-state index in [1.807, 2.05) is 11.3 Å². The highest BCUT2D eigenvalue weighted by Gasteiger charge is 2.17. The Morgan fingerprint density at radius 3 is 2.69 bits per heavy atom. The van der Waals surface area contributed by atoms with Crippen LogP contribution in [0.15, 0.2) is 11.4 Å². The topological polar surface area (TPSA) is 12.0 Å². The summed E-state index contributed by atoms with van der Waals surface area (Å²) in [7, 11) is 0. The molecule has 1 aromatic heterocycles. The van der Waals surface area contributed by atoms with Crippen LogP contribution in [0.2, 0.25) is 0 Å². The fourth-order valence-electron chi connectivity index (χ4n) is 2.51. The quantitative estimate of drug-likeness (QED) is 0.840. The zero-order valence-corrected chi connectivity index (χ0v) is 11.3. The average Bonchev–Trinajstić information content (AvgIpc) is 2.68. The molecular formula is C14H23NS. The summed E-state index contributed by atoms with van der Waals surface area (Å²) in [5.41, 5.74) is 1.46. The zero-order valence-electron chi connectivity index (χ0n) is 10.5. The second-order valence-corrected chi connectivity index (χ2v) is 6.19. The van der Waals surface area contributed by atoms with Crippen LogP contribution in [0.25, 0.3) is 0 Å². The molecule has 2 rings (SSSR count). The van der Waals surface area contributed by atoms with E-state index in [0.717, 1.165) is 18.5 Å². The van der Waals surface area contributed by atoms with Crippen molar-refractivity contribution in [3.8, 4) is 0 Å². The Hall–Kier alpha value is -0.340. The summed E-state index contributed by atoms with van der Waals surface area (Å²) in [6.07, 6.45) is 6.79. The van der Waals surface area contributed by atoms with Gasteiger partial charge in [-0.05, 0) is 62.0 Å². The summed E-state index contributed by atoms with van der Waals surface area (Å²) in [4.78, 5) is 1.55. The molecular weight excluding hydrogens is 214 g/mol. The van der Waals surface area contributed by atoms with E-state index in [4.69, 9.17) is 0 Å². The van der Waals surface area contributed by atoms with Gasteiger partial charge in [-0.3, -0.25) is 0 Å². The number of thiophene rings is 1. The fraction of sp³-hybridized carbons (Fsp3) is 0.714. The van der Waals surface area contributed by atoms with Crippen molar-refractivity contribution in [3.63, 3.8) is 0 Å². The third-order valence-corrected chi connectivity index (χ3v) is 4.85. The van der Waals surface area contributed by atoms with Gasteiger partial charge in [0.25, 0.3) is 0 Å². The molecule has 1 aliphatic rings. The minimum absolute atomic E-state index is 0.788. The molecule has 1 aromatic rings. The normalized spacial score (nSPS) is 25.9. The molecule has 0 bridgehead atoms. The summed E-state index contributed by atoms with van der Waals surface area (Å²) in [5, 5.41) is 5.92. The lowest BCUT2D eigenvalue weighted by atomic mass is 9.87. The first-order valence-electron chi connectivity index (χ1n) is 6.52. The number of hydrogen-bond acceptors (Lipinski definition) is 2. The van der Waals surface area contributed by atoms with Gasteiger partial charge in [0.05, 0.1) is 0 Å². The molecule has 1 nitrogen and oxygen atoms in total. The van der Waals surface area contributed by atoms with Gasteiger partial charge in [-0.2, -0.15) is 0 Å². The molecule has 0 atom stereocenters. The highest BCUT2D eigenvalue weighted by molar-refractivity contribution is 7.10. The van der Waals surface area contributed by atoms with E-state index in [-0.39, 0.29) is 0 Å². The Morgan fingerprint density at radius 1 is 1.31 bits per heavy atom. The van der Waals surface area contributed by atoms with Gasteiger partial charge in [0, 0.05) is 17.5 Å². The maximum Gasteiger partial charge on any atom is 0.00870 e. The number of hydrogen-bond donors (Lipinski definition) is 1. The first kappa shape index (κ1) is 12.1. The van der Waals surface area contributed by atoms with Gasteiger partial charge in [-0.25, -0.2) is 0 Å². The van der Waals surface area contributed by atoms with E-state index in [9.17, 15) is 0 Å². The summed E-state index contributed by atoms with van der Waals surface area (Å²) in [6.45, 7) is 5.75. The van der Waals surface area contributed by atoms with Crippen LogP contribution in [0.4, 0.5) is 0 Å². The Bertz CT molecular complexity index is 310. The van der Waals surface area contributed by atoms with Gasteiger partial charge in [-0.1, -0.05) is 6.92 Å². The first-order valence-corrected chi connectivity index (χ1v) is 7.40. The Labute approximate surface area is 103 Å². The highest BCUT2D eigenvalue weighted by Crippen LogP contribution is 2.23. The molecule has 90 valence electrons. The molecule has 0 unspecified atom stereocenters. The van der Waals surface area contributed by atoms with Gasteiger partial charge in [-0.15, -0.1) is 11.3 Å². The van der Waals surface area contributed by atoms with E-state index < -0.39 is 0 Å². The maximum absolute atomic E-state index is 3.71. The summed E-state index contributed by atoms with van der Waals surface area (Å²) < 4.78 is 0. The molecule has 0 spiro atoms. The molecule has 0 aliphatic heterocycles. The number of rotatable bonds is 4. The van der Waals surface area contributed by atoms with Crippen molar-refractivity contribution in [2.24, 2.45) is 5.92 Å². The zero-order chi connectivity index (χ0) is 11.4. The van der Waals surface area contributed by atoms with Gasteiger partial charge in [0.15, 0.2) is 0 Å². The SMILES string of the molecule is Cc1ccsc1CCNC1CCC(C)CC1. The number of aryl methyl sites for hydroxylation is 1. The molecule has 1 N–H and O–H groups in total. The smallest absolute Gasteiger partial charge is 0.00870 e. The van der Waals surface area contributed by atoms with E-state index in [1.165, 1.54) is 37.7 Å². The molecule has 2 heteroatoms.